The van der Waals surface area contributed by atoms with Gasteiger partial charge in [0.1, 0.15) is 0 Å². The highest BCUT2D eigenvalue weighted by atomic mass is 16.5. The molecule has 2 aromatic carbocycles. The molecule has 1 aromatic heterocycles. The number of para-hydroxylation sites is 1. The highest BCUT2D eigenvalue weighted by molar-refractivity contribution is 5.96. The Labute approximate surface area is 152 Å². The fourth-order valence-corrected chi connectivity index (χ4v) is 3.16. The van der Waals surface area contributed by atoms with Gasteiger partial charge in [0, 0.05) is 44.0 Å². The van der Waals surface area contributed by atoms with Crippen molar-refractivity contribution >= 4 is 17.3 Å². The Morgan fingerprint density at radius 3 is 2.50 bits per heavy atom. The van der Waals surface area contributed by atoms with Crippen LogP contribution in [0.4, 0.5) is 11.4 Å². The van der Waals surface area contributed by atoms with Crippen molar-refractivity contribution < 1.29 is 9.32 Å². The van der Waals surface area contributed by atoms with Gasteiger partial charge in [0.25, 0.3) is 0 Å². The molecule has 6 heteroatoms. The van der Waals surface area contributed by atoms with Crippen LogP contribution in [-0.4, -0.2) is 36.7 Å². The molecule has 26 heavy (non-hydrogen) atoms. The van der Waals surface area contributed by atoms with Crippen LogP contribution in [0.15, 0.2) is 59.1 Å². The van der Waals surface area contributed by atoms with Crippen molar-refractivity contribution in [1.29, 1.82) is 0 Å². The number of hydrogen-bond donors (Lipinski definition) is 0. The lowest BCUT2D eigenvalue weighted by atomic mass is 10.1. The molecular weight excluding hydrogens is 328 g/mol. The van der Waals surface area contributed by atoms with Crippen molar-refractivity contribution in [2.75, 3.05) is 30.4 Å². The third kappa shape index (κ3) is 3.06. The molecule has 1 fully saturated rings. The van der Waals surface area contributed by atoms with Gasteiger partial charge in [-0.2, -0.15) is 4.98 Å². The first-order chi connectivity index (χ1) is 12.6. The molecule has 1 aliphatic rings. The van der Waals surface area contributed by atoms with Gasteiger partial charge in [0.15, 0.2) is 0 Å². The van der Waals surface area contributed by atoms with E-state index in [0.29, 0.717) is 24.7 Å². The summed E-state index contributed by atoms with van der Waals surface area (Å²) in [5.74, 6) is 1.07. The Hall–Kier alpha value is -3.15. The van der Waals surface area contributed by atoms with Crippen molar-refractivity contribution in [1.82, 2.24) is 10.1 Å². The molecule has 2 heterocycles. The Balaban J connectivity index is 1.52. The first-order valence-corrected chi connectivity index (χ1v) is 8.58. The zero-order valence-electron chi connectivity index (χ0n) is 14.8. The molecule has 0 aliphatic carbocycles. The van der Waals surface area contributed by atoms with Crippen molar-refractivity contribution in [3.05, 3.63) is 60.5 Å². The predicted octanol–water partition coefficient (Wildman–Crippen LogP) is 3.32. The maximum absolute atomic E-state index is 12.4. The van der Waals surface area contributed by atoms with Gasteiger partial charge >= 0.3 is 0 Å². The van der Waals surface area contributed by atoms with Crippen LogP contribution in [0.2, 0.25) is 0 Å². The smallest absolute Gasteiger partial charge is 0.232 e. The summed E-state index contributed by atoms with van der Waals surface area (Å²) in [6.45, 7) is 0.560. The van der Waals surface area contributed by atoms with E-state index in [0.717, 1.165) is 16.9 Å². The molecule has 6 nitrogen and oxygen atoms in total. The van der Waals surface area contributed by atoms with Crippen LogP contribution in [0.3, 0.4) is 0 Å². The van der Waals surface area contributed by atoms with Gasteiger partial charge in [-0.3, -0.25) is 4.79 Å². The maximum atomic E-state index is 12.4. The monoisotopic (exact) mass is 348 g/mol. The molecule has 3 aromatic rings. The van der Waals surface area contributed by atoms with Gasteiger partial charge in [0.2, 0.25) is 17.6 Å². The Bertz CT molecular complexity index is 903. The summed E-state index contributed by atoms with van der Waals surface area (Å²) in [6.07, 6.45) is 0.385. The molecule has 4 rings (SSSR count). The Kier molecular flexibility index (Phi) is 4.16. The van der Waals surface area contributed by atoms with Crippen LogP contribution < -0.4 is 9.80 Å². The molecule has 1 saturated heterocycles. The lowest BCUT2D eigenvalue weighted by molar-refractivity contribution is -0.117. The number of hydrogen-bond acceptors (Lipinski definition) is 5. The predicted molar refractivity (Wildman–Crippen MR) is 100 cm³/mol. The molecule has 0 unspecified atom stereocenters. The molecule has 0 spiro atoms. The standard InChI is InChI=1S/C20H20N4O2/c1-23(2)16-10-8-14(9-11-16)19-21-20(26-22-19)15-12-18(25)24(13-15)17-6-4-3-5-7-17/h3-11,15H,12-13H2,1-2H3/t15-/m1/s1. The lowest BCUT2D eigenvalue weighted by Crippen LogP contribution is -2.24. The summed E-state index contributed by atoms with van der Waals surface area (Å²) < 4.78 is 5.46. The molecule has 0 saturated carbocycles. The second kappa shape index (κ2) is 6.63. The van der Waals surface area contributed by atoms with E-state index >= 15 is 0 Å². The minimum absolute atomic E-state index is 0.0787. The highest BCUT2D eigenvalue weighted by Gasteiger charge is 2.35. The molecule has 0 N–H and O–H groups in total. The second-order valence-electron chi connectivity index (χ2n) is 6.64. The van der Waals surface area contributed by atoms with Crippen LogP contribution in [0.5, 0.6) is 0 Å². The van der Waals surface area contributed by atoms with Gasteiger partial charge in [0.05, 0.1) is 5.92 Å². The minimum atomic E-state index is -0.0787. The van der Waals surface area contributed by atoms with Gasteiger partial charge in [-0.05, 0) is 36.4 Å². The fraction of sp³-hybridized carbons (Fsp3) is 0.250. The van der Waals surface area contributed by atoms with Gasteiger partial charge in [-0.15, -0.1) is 0 Å². The van der Waals surface area contributed by atoms with E-state index < -0.39 is 0 Å². The largest absolute Gasteiger partial charge is 0.378 e. The molecular formula is C20H20N4O2. The van der Waals surface area contributed by atoms with E-state index in [9.17, 15) is 4.79 Å². The summed E-state index contributed by atoms with van der Waals surface area (Å²) >= 11 is 0. The van der Waals surface area contributed by atoms with Crippen LogP contribution in [0.1, 0.15) is 18.2 Å². The summed E-state index contributed by atoms with van der Waals surface area (Å²) in [5.41, 5.74) is 2.91. The Morgan fingerprint density at radius 2 is 1.81 bits per heavy atom. The topological polar surface area (TPSA) is 62.5 Å². The van der Waals surface area contributed by atoms with E-state index in [-0.39, 0.29) is 11.8 Å². The number of benzene rings is 2. The molecule has 132 valence electrons. The number of anilines is 2. The van der Waals surface area contributed by atoms with Crippen molar-refractivity contribution in [3.8, 4) is 11.4 Å². The van der Waals surface area contributed by atoms with Gasteiger partial charge in [-0.1, -0.05) is 23.4 Å². The lowest BCUT2D eigenvalue weighted by Gasteiger charge is -2.15. The second-order valence-corrected chi connectivity index (χ2v) is 6.64. The van der Waals surface area contributed by atoms with Crippen molar-refractivity contribution in [3.63, 3.8) is 0 Å². The maximum Gasteiger partial charge on any atom is 0.232 e. The third-order valence-electron chi connectivity index (χ3n) is 4.63. The van der Waals surface area contributed by atoms with E-state index in [4.69, 9.17) is 4.52 Å². The van der Waals surface area contributed by atoms with Crippen LogP contribution in [-0.2, 0) is 4.79 Å². The number of carbonyl (C=O) groups is 1. The van der Waals surface area contributed by atoms with Crippen molar-refractivity contribution in [2.45, 2.75) is 12.3 Å². The SMILES string of the molecule is CN(C)c1ccc(-c2noc([C@@H]3CC(=O)N(c4ccccc4)C3)n2)cc1. The molecule has 0 radical (unpaired) electrons. The average Bonchev–Trinajstić information content (AvgIpc) is 3.29. The van der Waals surface area contributed by atoms with E-state index in [1.54, 1.807) is 4.90 Å². The summed E-state index contributed by atoms with van der Waals surface area (Å²) in [4.78, 5) is 20.7. The quantitative estimate of drug-likeness (QED) is 0.724. The van der Waals surface area contributed by atoms with Crippen LogP contribution in [0.25, 0.3) is 11.4 Å². The van der Waals surface area contributed by atoms with E-state index in [1.807, 2.05) is 73.6 Å². The zero-order chi connectivity index (χ0) is 18.1. The highest BCUT2D eigenvalue weighted by Crippen LogP contribution is 2.32. The number of rotatable bonds is 4. The van der Waals surface area contributed by atoms with Gasteiger partial charge in [-0.25, -0.2) is 0 Å². The molecule has 1 atom stereocenters. The van der Waals surface area contributed by atoms with E-state index in [1.165, 1.54) is 0 Å². The number of carbonyl (C=O) groups excluding carboxylic acids is 1. The zero-order valence-corrected chi connectivity index (χ0v) is 14.8. The van der Waals surface area contributed by atoms with Crippen LogP contribution in [0, 0.1) is 0 Å². The first-order valence-electron chi connectivity index (χ1n) is 8.58. The van der Waals surface area contributed by atoms with Crippen LogP contribution >= 0.6 is 0 Å². The van der Waals surface area contributed by atoms with Gasteiger partial charge < -0.3 is 14.3 Å². The molecule has 1 aliphatic heterocycles. The Morgan fingerprint density at radius 1 is 1.08 bits per heavy atom. The average molecular weight is 348 g/mol. The third-order valence-corrected chi connectivity index (χ3v) is 4.63. The summed E-state index contributed by atoms with van der Waals surface area (Å²) in [6, 6.07) is 17.6. The number of amides is 1. The molecule has 0 bridgehead atoms. The first kappa shape index (κ1) is 16.3. The number of nitrogens with zero attached hydrogens (tertiary/aromatic N) is 4. The number of aromatic nitrogens is 2. The minimum Gasteiger partial charge on any atom is -0.378 e. The van der Waals surface area contributed by atoms with Crippen molar-refractivity contribution in [2.24, 2.45) is 0 Å². The van der Waals surface area contributed by atoms with E-state index in [2.05, 4.69) is 10.1 Å². The summed E-state index contributed by atoms with van der Waals surface area (Å²) in [7, 11) is 3.99. The summed E-state index contributed by atoms with van der Waals surface area (Å²) in [5, 5.41) is 4.10. The molecule has 1 amide bonds. The fourth-order valence-electron chi connectivity index (χ4n) is 3.16. The normalized spacial score (nSPS) is 16.9.